The summed E-state index contributed by atoms with van der Waals surface area (Å²) in [6.45, 7) is 0. The summed E-state index contributed by atoms with van der Waals surface area (Å²) in [5.41, 5.74) is 0.0875. The first kappa shape index (κ1) is 15.0. The normalized spacial score (nSPS) is 16.4. The van der Waals surface area contributed by atoms with E-state index in [2.05, 4.69) is 0 Å². The van der Waals surface area contributed by atoms with Crippen LogP contribution < -0.4 is 0 Å². The van der Waals surface area contributed by atoms with E-state index in [0.717, 1.165) is 0 Å². The van der Waals surface area contributed by atoms with E-state index in [0.29, 0.717) is 0 Å². The summed E-state index contributed by atoms with van der Waals surface area (Å²) in [5, 5.41) is 9.96. The third-order valence-corrected chi connectivity index (χ3v) is 5.49. The number of alkyl halides is 2. The highest BCUT2D eigenvalue weighted by Gasteiger charge is 2.50. The molecule has 6 heteroatoms. The third kappa shape index (κ3) is 2.57. The van der Waals surface area contributed by atoms with Crippen molar-refractivity contribution < 1.29 is 17.9 Å². The second-order valence-electron chi connectivity index (χ2n) is 4.19. The molecule has 0 aliphatic carbocycles. The lowest BCUT2D eigenvalue weighted by Gasteiger charge is -2.24. The van der Waals surface area contributed by atoms with Crippen LogP contribution in [-0.4, -0.2) is 18.0 Å². The molecule has 0 heterocycles. The Kier molecular flexibility index (Phi) is 4.13. The van der Waals surface area contributed by atoms with E-state index in [1.165, 1.54) is 36.4 Å². The molecule has 0 saturated heterocycles. The Morgan fingerprint density at radius 2 is 1.45 bits per heavy atom. The van der Waals surface area contributed by atoms with E-state index in [1.54, 1.807) is 24.3 Å². The highest BCUT2D eigenvalue weighted by Crippen LogP contribution is 2.41. The highest BCUT2D eigenvalue weighted by molar-refractivity contribution is 7.94. The van der Waals surface area contributed by atoms with Gasteiger partial charge in [-0.2, -0.15) is 0 Å². The fraction of sp³-hybridized carbons (Fsp3) is 0.143. The van der Waals surface area contributed by atoms with Crippen LogP contribution in [0.2, 0.25) is 0 Å². The summed E-state index contributed by atoms with van der Waals surface area (Å²) >= 11 is 5.54. The van der Waals surface area contributed by atoms with Gasteiger partial charge in [0.25, 0.3) is 0 Å². The van der Waals surface area contributed by atoms with E-state index < -0.39 is 20.4 Å². The zero-order chi connectivity index (χ0) is 14.8. The summed E-state index contributed by atoms with van der Waals surface area (Å²) in [6.07, 6.45) is -1.99. The van der Waals surface area contributed by atoms with Gasteiger partial charge in [0.1, 0.15) is 6.10 Å². The van der Waals surface area contributed by atoms with Gasteiger partial charge in [-0.05, 0) is 17.7 Å². The predicted octanol–water partition coefficient (Wildman–Crippen LogP) is 3.06. The van der Waals surface area contributed by atoms with Crippen LogP contribution in [0.1, 0.15) is 11.7 Å². The maximum Gasteiger partial charge on any atom is 0.317 e. The van der Waals surface area contributed by atoms with Gasteiger partial charge < -0.3 is 5.11 Å². The molecule has 0 radical (unpaired) electrons. The quantitative estimate of drug-likeness (QED) is 0.882. The summed E-state index contributed by atoms with van der Waals surface area (Å²) in [4.78, 5) is -0.285. The van der Waals surface area contributed by atoms with E-state index in [4.69, 9.17) is 11.6 Å². The molecule has 0 aromatic heterocycles. The van der Waals surface area contributed by atoms with Crippen LogP contribution in [0.4, 0.5) is 4.39 Å². The molecule has 106 valence electrons. The predicted molar refractivity (Wildman–Crippen MR) is 74.7 cm³/mol. The van der Waals surface area contributed by atoms with E-state index >= 15 is 0 Å². The zero-order valence-corrected chi connectivity index (χ0v) is 11.9. The smallest absolute Gasteiger partial charge is 0.317 e. The van der Waals surface area contributed by atoms with Crippen LogP contribution in [0.25, 0.3) is 0 Å². The fourth-order valence-electron chi connectivity index (χ4n) is 1.73. The van der Waals surface area contributed by atoms with Crippen molar-refractivity contribution in [2.24, 2.45) is 0 Å². The Hall–Kier alpha value is -1.43. The largest absolute Gasteiger partial charge is 0.382 e. The monoisotopic (exact) mass is 314 g/mol. The molecule has 2 rings (SSSR count). The number of halogens is 2. The van der Waals surface area contributed by atoms with Gasteiger partial charge in [-0.15, -0.1) is 0 Å². The fourth-order valence-corrected chi connectivity index (χ4v) is 3.39. The van der Waals surface area contributed by atoms with Crippen LogP contribution >= 0.6 is 11.6 Å². The second kappa shape index (κ2) is 5.52. The number of rotatable bonds is 4. The van der Waals surface area contributed by atoms with Gasteiger partial charge in [0, 0.05) is 0 Å². The Bertz CT molecular complexity index is 672. The first-order valence-corrected chi connectivity index (χ1v) is 7.64. The zero-order valence-electron chi connectivity index (χ0n) is 10.3. The number of hydrogen-bond donors (Lipinski definition) is 1. The molecule has 0 aliphatic rings. The molecule has 0 amide bonds. The minimum absolute atomic E-state index is 0.0875. The number of aliphatic hydroxyl groups excluding tert-OH is 1. The lowest BCUT2D eigenvalue weighted by Crippen LogP contribution is -2.34. The number of sulfone groups is 1. The lowest BCUT2D eigenvalue weighted by atomic mass is 10.1. The molecule has 2 aromatic rings. The van der Waals surface area contributed by atoms with Crippen molar-refractivity contribution in [3.8, 4) is 0 Å². The van der Waals surface area contributed by atoms with Crippen molar-refractivity contribution in [2.45, 2.75) is 15.5 Å². The first-order chi connectivity index (χ1) is 9.37. The molecule has 2 aromatic carbocycles. The first-order valence-electron chi connectivity index (χ1n) is 5.78. The van der Waals surface area contributed by atoms with Crippen LogP contribution in [0.3, 0.4) is 0 Å². The molecule has 20 heavy (non-hydrogen) atoms. The Labute approximate surface area is 121 Å². The van der Waals surface area contributed by atoms with Crippen LogP contribution in [0.5, 0.6) is 0 Å². The highest BCUT2D eigenvalue weighted by atomic mass is 35.5. The van der Waals surface area contributed by atoms with Crippen molar-refractivity contribution in [3.05, 3.63) is 66.2 Å². The average molecular weight is 315 g/mol. The summed E-state index contributed by atoms with van der Waals surface area (Å²) in [6, 6.07) is 14.5. The van der Waals surface area contributed by atoms with Gasteiger partial charge in [0.15, 0.2) is 0 Å². The van der Waals surface area contributed by atoms with Gasteiger partial charge in [-0.25, -0.2) is 12.8 Å². The molecule has 0 fully saturated rings. The molecule has 0 bridgehead atoms. The third-order valence-electron chi connectivity index (χ3n) is 2.85. The van der Waals surface area contributed by atoms with Crippen LogP contribution in [0.15, 0.2) is 65.6 Å². The topological polar surface area (TPSA) is 54.4 Å². The summed E-state index contributed by atoms with van der Waals surface area (Å²) in [5.74, 6) is 0. The maximum atomic E-state index is 14.6. The molecule has 0 aliphatic heterocycles. The number of aliphatic hydroxyl groups is 1. The van der Waals surface area contributed by atoms with Crippen molar-refractivity contribution in [1.29, 1.82) is 0 Å². The van der Waals surface area contributed by atoms with Gasteiger partial charge in [0.05, 0.1) is 4.90 Å². The Morgan fingerprint density at radius 3 is 1.95 bits per heavy atom. The Balaban J connectivity index is 2.45. The molecular weight excluding hydrogens is 303 g/mol. The molecule has 2 atom stereocenters. The maximum absolute atomic E-state index is 14.6. The van der Waals surface area contributed by atoms with Crippen molar-refractivity contribution >= 4 is 21.4 Å². The van der Waals surface area contributed by atoms with Crippen molar-refractivity contribution in [3.63, 3.8) is 0 Å². The molecule has 0 spiro atoms. The van der Waals surface area contributed by atoms with Crippen molar-refractivity contribution in [2.75, 3.05) is 0 Å². The molecule has 0 saturated carbocycles. The number of hydrogen-bond acceptors (Lipinski definition) is 3. The van der Waals surface area contributed by atoms with Gasteiger partial charge >= 0.3 is 4.46 Å². The SMILES string of the molecule is O=S(=O)(c1ccccc1)C(F)(Cl)C(O)c1ccccc1. The standard InChI is InChI=1S/C14H12ClFO3S/c15-14(16,13(17)11-7-3-1-4-8-11)20(18,19)12-9-5-2-6-10-12/h1-10,13,17H. The summed E-state index contributed by atoms with van der Waals surface area (Å²) in [7, 11) is -4.54. The Morgan fingerprint density at radius 1 is 1.00 bits per heavy atom. The lowest BCUT2D eigenvalue weighted by molar-refractivity contribution is 0.0961. The van der Waals surface area contributed by atoms with Gasteiger partial charge in [0.2, 0.25) is 9.84 Å². The van der Waals surface area contributed by atoms with Gasteiger partial charge in [-0.3, -0.25) is 0 Å². The molecule has 3 nitrogen and oxygen atoms in total. The van der Waals surface area contributed by atoms with E-state index in [1.807, 2.05) is 0 Å². The van der Waals surface area contributed by atoms with Gasteiger partial charge in [-0.1, -0.05) is 60.1 Å². The molecular formula is C14H12ClFO3S. The number of benzene rings is 2. The van der Waals surface area contributed by atoms with E-state index in [9.17, 15) is 17.9 Å². The van der Waals surface area contributed by atoms with Crippen molar-refractivity contribution in [1.82, 2.24) is 0 Å². The minimum atomic E-state index is -4.54. The van der Waals surface area contributed by atoms with Crippen LogP contribution in [0, 0.1) is 0 Å². The molecule has 2 unspecified atom stereocenters. The minimum Gasteiger partial charge on any atom is -0.382 e. The molecule has 1 N–H and O–H groups in total. The average Bonchev–Trinajstić information content (AvgIpc) is 2.48. The van der Waals surface area contributed by atoms with E-state index in [-0.39, 0.29) is 10.5 Å². The van der Waals surface area contributed by atoms with Crippen LogP contribution in [-0.2, 0) is 9.84 Å². The summed E-state index contributed by atoms with van der Waals surface area (Å²) < 4.78 is 35.6. The second-order valence-corrected chi connectivity index (χ2v) is 7.04.